The Morgan fingerprint density at radius 1 is 1.47 bits per heavy atom. The summed E-state index contributed by atoms with van der Waals surface area (Å²) >= 11 is 6.17. The Morgan fingerprint density at radius 2 is 2.20 bits per heavy atom. The smallest absolute Gasteiger partial charge is 0.159 e. The van der Waals surface area contributed by atoms with Crippen LogP contribution in [-0.2, 0) is 13.5 Å². The molecule has 2 aromatic heterocycles. The number of hydrogen-bond donors (Lipinski definition) is 0. The lowest BCUT2D eigenvalue weighted by Crippen LogP contribution is -1.97. The summed E-state index contributed by atoms with van der Waals surface area (Å²) in [5.74, 6) is 0.569. The highest BCUT2D eigenvalue weighted by Gasteiger charge is 2.13. The van der Waals surface area contributed by atoms with Gasteiger partial charge in [-0.15, -0.1) is 0 Å². The van der Waals surface area contributed by atoms with E-state index in [1.54, 1.807) is 10.9 Å². The first kappa shape index (κ1) is 10.4. The average molecular weight is 224 g/mol. The zero-order valence-corrected chi connectivity index (χ0v) is 9.91. The third-order valence-electron chi connectivity index (χ3n) is 2.35. The molecule has 0 amide bonds. The first-order valence-corrected chi connectivity index (χ1v) is 5.43. The van der Waals surface area contributed by atoms with Gasteiger partial charge in [-0.1, -0.05) is 25.4 Å². The van der Waals surface area contributed by atoms with Crippen LogP contribution in [0.25, 0.3) is 11.0 Å². The maximum atomic E-state index is 6.17. The van der Waals surface area contributed by atoms with Gasteiger partial charge in [0, 0.05) is 13.2 Å². The SMILES string of the molecule is CC(C)Cc1nn(C)c2nccc(Cl)c12. The molecular formula is C11H14ClN3. The van der Waals surface area contributed by atoms with Gasteiger partial charge in [0.1, 0.15) is 0 Å². The van der Waals surface area contributed by atoms with Crippen LogP contribution in [0, 0.1) is 5.92 Å². The molecule has 0 saturated heterocycles. The number of aromatic nitrogens is 3. The summed E-state index contributed by atoms with van der Waals surface area (Å²) in [7, 11) is 1.90. The number of hydrogen-bond acceptors (Lipinski definition) is 2. The molecule has 3 nitrogen and oxygen atoms in total. The van der Waals surface area contributed by atoms with Crippen LogP contribution in [0.15, 0.2) is 12.3 Å². The van der Waals surface area contributed by atoms with Gasteiger partial charge in [-0.3, -0.25) is 4.68 Å². The minimum atomic E-state index is 0.569. The molecule has 2 heterocycles. The topological polar surface area (TPSA) is 30.7 Å². The van der Waals surface area contributed by atoms with Crippen molar-refractivity contribution >= 4 is 22.6 Å². The van der Waals surface area contributed by atoms with Crippen LogP contribution in [-0.4, -0.2) is 14.8 Å². The Bertz CT molecular complexity index is 488. The van der Waals surface area contributed by atoms with E-state index in [0.29, 0.717) is 5.92 Å². The van der Waals surface area contributed by atoms with E-state index in [1.165, 1.54) is 0 Å². The van der Waals surface area contributed by atoms with Crippen LogP contribution in [0.3, 0.4) is 0 Å². The Labute approximate surface area is 94.1 Å². The first-order chi connectivity index (χ1) is 7.09. The molecule has 0 aliphatic carbocycles. The Hall–Kier alpha value is -1.09. The van der Waals surface area contributed by atoms with Gasteiger partial charge in [0.15, 0.2) is 5.65 Å². The Balaban J connectivity index is 2.65. The van der Waals surface area contributed by atoms with Crippen molar-refractivity contribution in [2.45, 2.75) is 20.3 Å². The fourth-order valence-corrected chi connectivity index (χ4v) is 2.00. The second-order valence-electron chi connectivity index (χ2n) is 4.16. The van der Waals surface area contributed by atoms with E-state index >= 15 is 0 Å². The number of nitrogens with zero attached hydrogens (tertiary/aromatic N) is 3. The number of aryl methyl sites for hydroxylation is 1. The predicted molar refractivity (Wildman–Crippen MR) is 62.1 cm³/mol. The van der Waals surface area contributed by atoms with Gasteiger partial charge in [-0.2, -0.15) is 5.10 Å². The van der Waals surface area contributed by atoms with Crippen molar-refractivity contribution in [1.82, 2.24) is 14.8 Å². The van der Waals surface area contributed by atoms with E-state index < -0.39 is 0 Å². The van der Waals surface area contributed by atoms with E-state index in [0.717, 1.165) is 28.2 Å². The number of pyridine rings is 1. The molecule has 0 aliphatic rings. The van der Waals surface area contributed by atoms with Gasteiger partial charge < -0.3 is 0 Å². The third kappa shape index (κ3) is 1.84. The van der Waals surface area contributed by atoms with Crippen molar-refractivity contribution in [3.63, 3.8) is 0 Å². The quantitative estimate of drug-likeness (QED) is 0.784. The number of fused-ring (bicyclic) bond motifs is 1. The molecular weight excluding hydrogens is 210 g/mol. The molecule has 2 rings (SSSR count). The second kappa shape index (κ2) is 3.81. The Morgan fingerprint density at radius 3 is 2.87 bits per heavy atom. The molecule has 0 aliphatic heterocycles. The van der Waals surface area contributed by atoms with Crippen molar-refractivity contribution in [2.75, 3.05) is 0 Å². The first-order valence-electron chi connectivity index (χ1n) is 5.05. The van der Waals surface area contributed by atoms with Crippen LogP contribution in [0.4, 0.5) is 0 Å². The molecule has 0 bridgehead atoms. The average Bonchev–Trinajstić information content (AvgIpc) is 2.44. The summed E-state index contributed by atoms with van der Waals surface area (Å²) in [6, 6.07) is 1.81. The summed E-state index contributed by atoms with van der Waals surface area (Å²) in [4.78, 5) is 4.29. The summed E-state index contributed by atoms with van der Waals surface area (Å²) in [6.45, 7) is 4.34. The summed E-state index contributed by atoms with van der Waals surface area (Å²) in [5.41, 5.74) is 1.90. The summed E-state index contributed by atoms with van der Waals surface area (Å²) in [5, 5.41) is 6.20. The van der Waals surface area contributed by atoms with E-state index in [2.05, 4.69) is 23.9 Å². The van der Waals surface area contributed by atoms with Crippen molar-refractivity contribution in [3.8, 4) is 0 Å². The molecule has 0 aromatic carbocycles. The molecule has 80 valence electrons. The van der Waals surface area contributed by atoms with E-state index in [4.69, 9.17) is 11.6 Å². The van der Waals surface area contributed by atoms with Gasteiger partial charge in [0.2, 0.25) is 0 Å². The highest BCUT2D eigenvalue weighted by atomic mass is 35.5. The summed E-state index contributed by atoms with van der Waals surface area (Å²) in [6.07, 6.45) is 2.65. The monoisotopic (exact) mass is 223 g/mol. The largest absolute Gasteiger partial charge is 0.250 e. The predicted octanol–water partition coefficient (Wildman–Crippen LogP) is 2.82. The zero-order valence-electron chi connectivity index (χ0n) is 9.16. The number of rotatable bonds is 2. The second-order valence-corrected chi connectivity index (χ2v) is 4.57. The minimum absolute atomic E-state index is 0.569. The van der Waals surface area contributed by atoms with Gasteiger partial charge in [0.05, 0.1) is 16.1 Å². The molecule has 0 atom stereocenters. The van der Waals surface area contributed by atoms with E-state index in [9.17, 15) is 0 Å². The maximum Gasteiger partial charge on any atom is 0.159 e. The van der Waals surface area contributed by atoms with Crippen LogP contribution in [0.1, 0.15) is 19.5 Å². The number of halogens is 1. The lowest BCUT2D eigenvalue weighted by atomic mass is 10.1. The normalized spacial score (nSPS) is 11.5. The van der Waals surface area contributed by atoms with Gasteiger partial charge in [-0.25, -0.2) is 4.98 Å². The molecule has 0 fully saturated rings. The molecule has 15 heavy (non-hydrogen) atoms. The van der Waals surface area contributed by atoms with Crippen LogP contribution in [0.2, 0.25) is 5.02 Å². The summed E-state index contributed by atoms with van der Waals surface area (Å²) < 4.78 is 1.79. The third-order valence-corrected chi connectivity index (χ3v) is 2.66. The Kier molecular flexibility index (Phi) is 2.65. The van der Waals surface area contributed by atoms with Crippen molar-refractivity contribution in [2.24, 2.45) is 13.0 Å². The lowest BCUT2D eigenvalue weighted by Gasteiger charge is -2.01. The van der Waals surface area contributed by atoms with Gasteiger partial charge in [-0.05, 0) is 18.4 Å². The minimum Gasteiger partial charge on any atom is -0.250 e. The van der Waals surface area contributed by atoms with Gasteiger partial charge in [0.25, 0.3) is 0 Å². The van der Waals surface area contributed by atoms with Crippen LogP contribution < -0.4 is 0 Å². The highest BCUT2D eigenvalue weighted by Crippen LogP contribution is 2.26. The maximum absolute atomic E-state index is 6.17. The van der Waals surface area contributed by atoms with Gasteiger partial charge >= 0.3 is 0 Å². The molecule has 0 spiro atoms. The lowest BCUT2D eigenvalue weighted by molar-refractivity contribution is 0.624. The van der Waals surface area contributed by atoms with E-state index in [-0.39, 0.29) is 0 Å². The molecule has 0 unspecified atom stereocenters. The van der Waals surface area contributed by atoms with Crippen LogP contribution >= 0.6 is 11.6 Å². The molecule has 0 N–H and O–H groups in total. The fourth-order valence-electron chi connectivity index (χ4n) is 1.75. The van der Waals surface area contributed by atoms with E-state index in [1.807, 2.05) is 13.1 Å². The molecule has 0 radical (unpaired) electrons. The van der Waals surface area contributed by atoms with Crippen molar-refractivity contribution in [3.05, 3.63) is 23.0 Å². The van der Waals surface area contributed by atoms with Crippen molar-refractivity contribution in [1.29, 1.82) is 0 Å². The highest BCUT2D eigenvalue weighted by molar-refractivity contribution is 6.35. The van der Waals surface area contributed by atoms with Crippen molar-refractivity contribution < 1.29 is 0 Å². The van der Waals surface area contributed by atoms with Crippen LogP contribution in [0.5, 0.6) is 0 Å². The fraction of sp³-hybridized carbons (Fsp3) is 0.455. The molecule has 4 heteroatoms. The standard InChI is InChI=1S/C11H14ClN3/c1-7(2)6-9-10-8(12)4-5-13-11(10)15(3)14-9/h4-5,7H,6H2,1-3H3. The molecule has 0 saturated carbocycles. The molecule has 2 aromatic rings. The zero-order chi connectivity index (χ0) is 11.0.